The van der Waals surface area contributed by atoms with E-state index in [1.54, 1.807) is 11.8 Å². The van der Waals surface area contributed by atoms with E-state index in [4.69, 9.17) is 4.42 Å². The third kappa shape index (κ3) is 5.58. The van der Waals surface area contributed by atoms with Gasteiger partial charge in [0.25, 0.3) is 5.22 Å². The van der Waals surface area contributed by atoms with Gasteiger partial charge in [0.05, 0.1) is 17.5 Å². The summed E-state index contributed by atoms with van der Waals surface area (Å²) in [6.45, 7) is 4.10. The number of carbonyl (C=O) groups is 1. The second-order valence-electron chi connectivity index (χ2n) is 5.07. The molecule has 0 saturated heterocycles. The molecular weight excluding hydrogens is 330 g/mol. The monoisotopic (exact) mass is 351 g/mol. The number of hydrogen-bond donors (Lipinski definition) is 1. The molecule has 1 aromatic heterocycles. The van der Waals surface area contributed by atoms with E-state index in [0.717, 1.165) is 12.0 Å². The van der Waals surface area contributed by atoms with Crippen molar-refractivity contribution < 1.29 is 9.21 Å². The van der Waals surface area contributed by atoms with E-state index in [2.05, 4.69) is 46.7 Å². The number of carbonyl (C=O) groups excluding carboxylic acids is 1. The molecule has 0 bridgehead atoms. The van der Waals surface area contributed by atoms with Crippen LogP contribution < -0.4 is 5.32 Å². The van der Waals surface area contributed by atoms with Crippen molar-refractivity contribution in [2.45, 2.75) is 37.3 Å². The lowest BCUT2D eigenvalue weighted by molar-refractivity contribution is -0.119. The van der Waals surface area contributed by atoms with Crippen LogP contribution in [0.3, 0.4) is 0 Å². The van der Waals surface area contributed by atoms with Gasteiger partial charge in [0.1, 0.15) is 0 Å². The van der Waals surface area contributed by atoms with Crippen LogP contribution in [0, 0.1) is 0 Å². The van der Waals surface area contributed by atoms with Gasteiger partial charge in [-0.05, 0) is 30.7 Å². The zero-order valence-electron chi connectivity index (χ0n) is 13.5. The molecule has 1 unspecified atom stereocenters. The Morgan fingerprint density at radius 1 is 1.30 bits per heavy atom. The fourth-order valence-corrected chi connectivity index (χ4v) is 2.97. The molecule has 23 heavy (non-hydrogen) atoms. The third-order valence-corrected chi connectivity index (χ3v) is 4.66. The smallest absolute Gasteiger partial charge is 0.277 e. The number of amides is 1. The number of benzene rings is 1. The lowest BCUT2D eigenvalue weighted by Gasteiger charge is -2.14. The highest BCUT2D eigenvalue weighted by Crippen LogP contribution is 2.19. The van der Waals surface area contributed by atoms with Crippen molar-refractivity contribution in [3.05, 3.63) is 41.3 Å². The van der Waals surface area contributed by atoms with Gasteiger partial charge in [0.2, 0.25) is 11.8 Å². The van der Waals surface area contributed by atoms with E-state index < -0.39 is 0 Å². The van der Waals surface area contributed by atoms with Crippen LogP contribution in [0.5, 0.6) is 0 Å². The summed E-state index contributed by atoms with van der Waals surface area (Å²) in [5.74, 6) is 1.49. The number of rotatable bonds is 8. The second-order valence-corrected chi connectivity index (χ2v) is 6.86. The molecule has 5 nitrogen and oxygen atoms in total. The first kappa shape index (κ1) is 17.9. The quantitative estimate of drug-likeness (QED) is 0.735. The van der Waals surface area contributed by atoms with Gasteiger partial charge in [-0.1, -0.05) is 43.0 Å². The molecule has 0 aliphatic heterocycles. The van der Waals surface area contributed by atoms with Crippen molar-refractivity contribution in [3.63, 3.8) is 0 Å². The molecule has 1 amide bonds. The molecule has 0 saturated carbocycles. The molecule has 0 radical (unpaired) electrons. The number of hydrogen-bond acceptors (Lipinski definition) is 6. The minimum atomic E-state index is -0.0494. The number of nitrogens with zero attached hydrogens (tertiary/aromatic N) is 2. The Balaban J connectivity index is 1.80. The summed E-state index contributed by atoms with van der Waals surface area (Å²) >= 11 is 2.87. The fourth-order valence-electron chi connectivity index (χ4n) is 2.01. The minimum absolute atomic E-state index is 0.0243. The number of aryl methyl sites for hydroxylation is 1. The van der Waals surface area contributed by atoms with Crippen molar-refractivity contribution in [2.75, 3.05) is 12.0 Å². The lowest BCUT2D eigenvalue weighted by Crippen LogP contribution is -2.28. The Labute approximate surface area is 145 Å². The maximum absolute atomic E-state index is 12.0. The molecule has 2 rings (SSSR count). The zero-order chi connectivity index (χ0) is 16.7. The SMILES string of the molecule is CCc1ccc(C(C)NC(=O)CSc2nnc(CSC)o2)cc1. The molecule has 0 aliphatic carbocycles. The van der Waals surface area contributed by atoms with Crippen LogP contribution in [0.25, 0.3) is 0 Å². The average molecular weight is 351 g/mol. The van der Waals surface area contributed by atoms with E-state index >= 15 is 0 Å². The van der Waals surface area contributed by atoms with Gasteiger partial charge in [-0.3, -0.25) is 4.79 Å². The summed E-state index contributed by atoms with van der Waals surface area (Å²) in [5, 5.41) is 11.3. The first-order valence-electron chi connectivity index (χ1n) is 7.44. The highest BCUT2D eigenvalue weighted by Gasteiger charge is 2.12. The summed E-state index contributed by atoms with van der Waals surface area (Å²) in [5.41, 5.74) is 2.39. The molecule has 0 fully saturated rings. The minimum Gasteiger partial charge on any atom is -0.415 e. The van der Waals surface area contributed by atoms with Crippen molar-refractivity contribution in [2.24, 2.45) is 0 Å². The Hall–Kier alpha value is -1.47. The summed E-state index contributed by atoms with van der Waals surface area (Å²) in [7, 11) is 0. The van der Waals surface area contributed by atoms with Crippen molar-refractivity contribution in [3.8, 4) is 0 Å². The maximum Gasteiger partial charge on any atom is 0.277 e. The summed E-state index contributed by atoms with van der Waals surface area (Å²) in [6.07, 6.45) is 2.99. The molecule has 7 heteroatoms. The standard InChI is InChI=1S/C16H21N3O2S2/c1-4-12-5-7-13(8-6-12)11(2)17-14(20)9-23-16-19-18-15(21-16)10-22-3/h5-8,11H,4,9-10H2,1-3H3,(H,17,20). The van der Waals surface area contributed by atoms with E-state index in [-0.39, 0.29) is 17.7 Å². The Morgan fingerprint density at radius 3 is 2.70 bits per heavy atom. The van der Waals surface area contributed by atoms with Gasteiger partial charge in [0, 0.05) is 0 Å². The second kappa shape index (κ2) is 8.98. The van der Waals surface area contributed by atoms with Gasteiger partial charge in [0.15, 0.2) is 0 Å². The van der Waals surface area contributed by atoms with Crippen LogP contribution >= 0.6 is 23.5 Å². The number of nitrogens with one attached hydrogen (secondary N) is 1. The van der Waals surface area contributed by atoms with E-state index in [1.165, 1.54) is 17.3 Å². The molecule has 0 aliphatic rings. The first-order chi connectivity index (χ1) is 11.1. The Bertz CT molecular complexity index is 629. The third-order valence-electron chi connectivity index (χ3n) is 3.31. The van der Waals surface area contributed by atoms with Crippen molar-refractivity contribution >= 4 is 29.4 Å². The molecule has 2 aromatic rings. The Kier molecular flexibility index (Phi) is 6.98. The van der Waals surface area contributed by atoms with Crippen LogP contribution in [0.2, 0.25) is 0 Å². The molecule has 1 atom stereocenters. The topological polar surface area (TPSA) is 68.0 Å². The zero-order valence-corrected chi connectivity index (χ0v) is 15.2. The van der Waals surface area contributed by atoms with Crippen molar-refractivity contribution in [1.82, 2.24) is 15.5 Å². The van der Waals surface area contributed by atoms with Crippen LogP contribution in [-0.4, -0.2) is 28.1 Å². The van der Waals surface area contributed by atoms with Gasteiger partial charge < -0.3 is 9.73 Å². The normalized spacial score (nSPS) is 12.1. The predicted octanol–water partition coefficient (Wildman–Crippen LogP) is 3.46. The van der Waals surface area contributed by atoms with E-state index in [0.29, 0.717) is 16.9 Å². The fraction of sp³-hybridized carbons (Fsp3) is 0.438. The summed E-state index contributed by atoms with van der Waals surface area (Å²) in [4.78, 5) is 12.0. The van der Waals surface area contributed by atoms with Gasteiger partial charge in [-0.2, -0.15) is 11.8 Å². The first-order valence-corrected chi connectivity index (χ1v) is 9.82. The molecule has 124 valence electrons. The number of thioether (sulfide) groups is 2. The van der Waals surface area contributed by atoms with E-state index in [1.807, 2.05) is 13.2 Å². The molecule has 1 aromatic carbocycles. The molecule has 0 spiro atoms. The maximum atomic E-state index is 12.0. The molecular formula is C16H21N3O2S2. The van der Waals surface area contributed by atoms with E-state index in [9.17, 15) is 4.79 Å². The van der Waals surface area contributed by atoms with Gasteiger partial charge >= 0.3 is 0 Å². The van der Waals surface area contributed by atoms with Crippen LogP contribution in [-0.2, 0) is 17.0 Å². The van der Waals surface area contributed by atoms with Crippen LogP contribution in [0.15, 0.2) is 33.9 Å². The van der Waals surface area contributed by atoms with Crippen molar-refractivity contribution in [1.29, 1.82) is 0 Å². The highest BCUT2D eigenvalue weighted by atomic mass is 32.2. The summed E-state index contributed by atoms with van der Waals surface area (Å²) < 4.78 is 5.43. The molecule has 1 N–H and O–H groups in total. The lowest BCUT2D eigenvalue weighted by atomic mass is 10.1. The van der Waals surface area contributed by atoms with Crippen LogP contribution in [0.1, 0.15) is 36.9 Å². The summed E-state index contributed by atoms with van der Waals surface area (Å²) in [6, 6.07) is 8.29. The van der Waals surface area contributed by atoms with Gasteiger partial charge in [-0.15, -0.1) is 10.2 Å². The Morgan fingerprint density at radius 2 is 2.04 bits per heavy atom. The highest BCUT2D eigenvalue weighted by molar-refractivity contribution is 7.99. The largest absolute Gasteiger partial charge is 0.415 e. The molecule has 1 heterocycles. The van der Waals surface area contributed by atoms with Gasteiger partial charge in [-0.25, -0.2) is 0 Å². The predicted molar refractivity (Wildman–Crippen MR) is 94.6 cm³/mol. The average Bonchev–Trinajstić information content (AvgIpc) is 3.01. The number of aromatic nitrogens is 2. The van der Waals surface area contributed by atoms with Crippen LogP contribution in [0.4, 0.5) is 0 Å².